The number of halogens is 3. The van der Waals surface area contributed by atoms with Crippen LogP contribution in [0.15, 0.2) is 152 Å². The van der Waals surface area contributed by atoms with Crippen molar-refractivity contribution in [3.8, 4) is 84.9 Å². The van der Waals surface area contributed by atoms with Crippen molar-refractivity contribution in [2.24, 2.45) is 0 Å². The lowest BCUT2D eigenvalue weighted by atomic mass is 9.88. The Labute approximate surface area is 615 Å². The summed E-state index contributed by atoms with van der Waals surface area (Å²) >= 11 is 19.7. The largest absolute Gasteiger partial charge is 0.497 e. The molecule has 6 N–H and O–H groups in total. The van der Waals surface area contributed by atoms with Gasteiger partial charge in [0.15, 0.2) is 21.9 Å². The summed E-state index contributed by atoms with van der Waals surface area (Å²) in [5, 5.41) is 1.34. The molecule has 0 aliphatic rings. The Kier molecular flexibility index (Phi) is 22.6. The van der Waals surface area contributed by atoms with Crippen LogP contribution in [0.1, 0.15) is 121 Å². The number of nitrogens with two attached hydrogens (primary N) is 3. The standard InChI is InChI=1S/C31H31ClN4O3.2C25H27ClN4O2/c1-6-39-29-24(17-25(32)19(3)26(29)20-7-11-22(37-4)12-8-20)18(2)31-35-27(21-9-13-23(38-5)14-10-21)28-30(33)34-15-16-36(28)31;2*1-6-32-22-19(16(4)25-29-23(26)21-24(27)28-11-12-30(21)25)13-14(2)15(3)20(22)17-7-9-18(31-5)10-8-17/h7-18H,6H2,1-5H3,(H2,33,34);2*7-13,16H,6H2,1-5H3,(H2,27,28)/t;16-;/m.0./s1. The highest BCUT2D eigenvalue weighted by Gasteiger charge is 2.31. The van der Waals surface area contributed by atoms with Gasteiger partial charge in [-0.2, -0.15) is 0 Å². The van der Waals surface area contributed by atoms with Crippen LogP contribution in [0.25, 0.3) is 61.2 Å². The molecule has 6 aromatic heterocycles. The monoisotopic (exact) mass is 1440 g/mol. The lowest BCUT2D eigenvalue weighted by molar-refractivity contribution is 0.336. The van der Waals surface area contributed by atoms with Gasteiger partial charge < -0.3 is 50.4 Å². The fourth-order valence-electron chi connectivity index (χ4n) is 13.2. The van der Waals surface area contributed by atoms with Crippen LogP contribution in [0, 0.1) is 34.6 Å². The average Bonchev–Trinajstić information content (AvgIpc) is 1.65. The van der Waals surface area contributed by atoms with Crippen molar-refractivity contribution in [3.63, 3.8) is 0 Å². The van der Waals surface area contributed by atoms with Crippen LogP contribution in [0.4, 0.5) is 17.5 Å². The normalized spacial score (nSPS) is 12.1. The van der Waals surface area contributed by atoms with Crippen LogP contribution >= 0.6 is 34.8 Å². The summed E-state index contributed by atoms with van der Waals surface area (Å²) in [6.07, 6.45) is 10.6. The molecule has 0 amide bonds. The number of methoxy groups -OCH3 is 4. The minimum Gasteiger partial charge on any atom is -0.497 e. The van der Waals surface area contributed by atoms with E-state index in [9.17, 15) is 0 Å². The number of ether oxygens (including phenoxy) is 7. The number of nitrogen functional groups attached to an aromatic ring is 3. The number of nitrogens with zero attached hydrogens (tertiary/aromatic N) is 9. The number of hydrogen-bond acceptors (Lipinski definition) is 16. The molecule has 103 heavy (non-hydrogen) atoms. The number of rotatable bonds is 20. The SMILES string of the molecule is CCOc1c(C(C)c2nc(-c3ccc(OC)cc3)c3c(N)nccn23)cc(Cl)c(C)c1-c1ccc(OC)cc1.CCOc1c(C(C)c2nc(Cl)c3c(N)nccn23)cc(C)c(C)c1-c1ccc(OC)cc1.CCOc1c([C@H](C)c2nc(Cl)c3c(N)nccn23)cc(C)c(C)c1-c1ccc(OC)cc1. The molecule has 0 aliphatic carbocycles. The van der Waals surface area contributed by atoms with Gasteiger partial charge in [-0.3, -0.25) is 13.2 Å². The first-order valence-electron chi connectivity index (χ1n) is 33.9. The molecule has 0 saturated heterocycles. The molecular formula is C81H85Cl3N12O7. The Morgan fingerprint density at radius 1 is 0.388 bits per heavy atom. The first-order chi connectivity index (χ1) is 49.6. The lowest BCUT2D eigenvalue weighted by Gasteiger charge is -2.23. The van der Waals surface area contributed by atoms with E-state index < -0.39 is 0 Å². The van der Waals surface area contributed by atoms with Gasteiger partial charge in [0, 0.05) is 98.9 Å². The fraction of sp³-hybridized carbons (Fsp3) is 0.259. The van der Waals surface area contributed by atoms with Crippen molar-refractivity contribution in [3.05, 3.63) is 230 Å². The van der Waals surface area contributed by atoms with Crippen molar-refractivity contribution >= 4 is 68.8 Å². The first kappa shape index (κ1) is 73.5. The van der Waals surface area contributed by atoms with Crippen LogP contribution in [0.2, 0.25) is 15.3 Å². The number of hydrogen-bond donors (Lipinski definition) is 3. The Hall–Kier alpha value is -10.7. The molecule has 0 bridgehead atoms. The second-order valence-electron chi connectivity index (χ2n) is 24.8. The summed E-state index contributed by atoms with van der Waals surface area (Å²) < 4.78 is 46.1. The second kappa shape index (κ2) is 31.7. The van der Waals surface area contributed by atoms with E-state index in [1.165, 1.54) is 22.3 Å². The van der Waals surface area contributed by atoms with Crippen LogP contribution in [-0.2, 0) is 0 Å². The molecule has 2 unspecified atom stereocenters. The maximum Gasteiger partial charge on any atom is 0.158 e. The van der Waals surface area contributed by atoms with Gasteiger partial charge in [-0.1, -0.05) is 104 Å². The Bertz CT molecular complexity index is 5020. The molecule has 0 radical (unpaired) electrons. The van der Waals surface area contributed by atoms with Crippen LogP contribution in [0.5, 0.6) is 40.2 Å². The number of anilines is 3. The number of aryl methyl sites for hydroxylation is 2. The van der Waals surface area contributed by atoms with E-state index >= 15 is 0 Å². The molecule has 0 fully saturated rings. The van der Waals surface area contributed by atoms with Crippen molar-refractivity contribution in [1.29, 1.82) is 0 Å². The summed E-state index contributed by atoms with van der Waals surface area (Å²) in [5.41, 5.74) is 37.1. The summed E-state index contributed by atoms with van der Waals surface area (Å²) in [4.78, 5) is 27.1. The van der Waals surface area contributed by atoms with Gasteiger partial charge in [-0.05, 0) is 167 Å². The number of benzene rings is 7. The van der Waals surface area contributed by atoms with E-state index in [1.807, 2.05) is 138 Å². The molecule has 6 heterocycles. The van der Waals surface area contributed by atoms with Gasteiger partial charge in [0.1, 0.15) is 85.8 Å². The van der Waals surface area contributed by atoms with E-state index in [-0.39, 0.29) is 17.8 Å². The smallest absolute Gasteiger partial charge is 0.158 e. The third-order valence-corrected chi connectivity index (χ3v) is 19.8. The highest BCUT2D eigenvalue weighted by atomic mass is 35.5. The number of aromatic nitrogens is 9. The van der Waals surface area contributed by atoms with Gasteiger partial charge in [-0.25, -0.2) is 29.9 Å². The molecule has 7 aromatic carbocycles. The molecule has 532 valence electrons. The highest BCUT2D eigenvalue weighted by Crippen LogP contribution is 2.48. The van der Waals surface area contributed by atoms with Crippen LogP contribution in [0.3, 0.4) is 0 Å². The zero-order valence-electron chi connectivity index (χ0n) is 60.5. The molecule has 0 spiro atoms. The van der Waals surface area contributed by atoms with Gasteiger partial charge >= 0.3 is 0 Å². The van der Waals surface area contributed by atoms with Gasteiger partial charge in [-0.15, -0.1) is 0 Å². The van der Waals surface area contributed by atoms with Gasteiger partial charge in [0.05, 0.1) is 48.3 Å². The molecule has 13 rings (SSSR count). The molecule has 0 aliphatic heterocycles. The predicted molar refractivity (Wildman–Crippen MR) is 414 cm³/mol. The average molecular weight is 1450 g/mol. The number of imidazole rings is 3. The molecule has 3 atom stereocenters. The van der Waals surface area contributed by atoms with E-state index in [0.717, 1.165) is 130 Å². The van der Waals surface area contributed by atoms with E-state index in [2.05, 4.69) is 110 Å². The fourth-order valence-corrected chi connectivity index (χ4v) is 14.0. The molecule has 22 heteroatoms. The topological polar surface area (TPSA) is 233 Å². The van der Waals surface area contributed by atoms with Crippen molar-refractivity contribution < 1.29 is 33.2 Å². The summed E-state index contributed by atoms with van der Waals surface area (Å²) in [5.74, 6) is 8.74. The predicted octanol–water partition coefficient (Wildman–Crippen LogP) is 18.8. The van der Waals surface area contributed by atoms with E-state index in [1.54, 1.807) is 47.0 Å². The van der Waals surface area contributed by atoms with E-state index in [0.29, 0.717) is 63.6 Å². The maximum absolute atomic E-state index is 6.85. The summed E-state index contributed by atoms with van der Waals surface area (Å²) in [6, 6.07) is 38.1. The zero-order chi connectivity index (χ0) is 73.7. The Morgan fingerprint density at radius 2 is 0.680 bits per heavy atom. The summed E-state index contributed by atoms with van der Waals surface area (Å²) in [7, 11) is 6.63. The Morgan fingerprint density at radius 3 is 1.01 bits per heavy atom. The quantitative estimate of drug-likeness (QED) is 0.0644. The lowest BCUT2D eigenvalue weighted by Crippen LogP contribution is -2.09. The minimum atomic E-state index is -0.192. The van der Waals surface area contributed by atoms with Gasteiger partial charge in [0.2, 0.25) is 0 Å². The molecule has 0 saturated carbocycles. The van der Waals surface area contributed by atoms with E-state index in [4.69, 9.17) is 90.1 Å². The minimum absolute atomic E-state index is 0.102. The number of fused-ring (bicyclic) bond motifs is 3. The second-order valence-corrected chi connectivity index (χ2v) is 25.9. The highest BCUT2D eigenvalue weighted by molar-refractivity contribution is 6.34. The molecular weight excluding hydrogens is 1360 g/mol. The maximum atomic E-state index is 6.85. The first-order valence-corrected chi connectivity index (χ1v) is 35.0. The summed E-state index contributed by atoms with van der Waals surface area (Å²) in [6.45, 7) is 24.4. The third kappa shape index (κ3) is 14.5. The van der Waals surface area contributed by atoms with Crippen molar-refractivity contribution in [2.75, 3.05) is 65.5 Å². The van der Waals surface area contributed by atoms with Crippen LogP contribution in [-0.4, -0.2) is 91.4 Å². The zero-order valence-corrected chi connectivity index (χ0v) is 62.8. The van der Waals surface area contributed by atoms with Crippen molar-refractivity contribution in [2.45, 2.75) is 93.9 Å². The Balaban J connectivity index is 0.000000156. The third-order valence-electron chi connectivity index (χ3n) is 18.8. The molecule has 19 nitrogen and oxygen atoms in total. The van der Waals surface area contributed by atoms with Gasteiger partial charge in [0.25, 0.3) is 0 Å². The van der Waals surface area contributed by atoms with Crippen LogP contribution < -0.4 is 50.4 Å². The van der Waals surface area contributed by atoms with Crippen molar-refractivity contribution in [1.82, 2.24) is 43.1 Å². The molecule has 13 aromatic rings.